The molecule has 3 nitrogen and oxygen atoms in total. The quantitative estimate of drug-likeness (QED) is 0.907. The maximum atomic E-state index is 8.87. The molecule has 0 atom stereocenters. The SMILES string of the molecule is CN(CCNc1cc(Br)cc(C#N)c1)C1CC1. The van der Waals surface area contributed by atoms with Crippen molar-refractivity contribution in [2.75, 3.05) is 25.5 Å². The highest BCUT2D eigenvalue weighted by atomic mass is 79.9. The number of likely N-dealkylation sites (N-methyl/N-ethyl adjacent to an activating group) is 1. The number of nitriles is 1. The minimum atomic E-state index is 0.678. The van der Waals surface area contributed by atoms with Crippen molar-refractivity contribution < 1.29 is 0 Å². The van der Waals surface area contributed by atoms with E-state index >= 15 is 0 Å². The van der Waals surface area contributed by atoms with Gasteiger partial charge in [-0.05, 0) is 38.1 Å². The first-order valence-corrected chi connectivity index (χ1v) is 6.63. The van der Waals surface area contributed by atoms with Gasteiger partial charge in [0.2, 0.25) is 0 Å². The van der Waals surface area contributed by atoms with Crippen LogP contribution in [0.15, 0.2) is 22.7 Å². The van der Waals surface area contributed by atoms with E-state index < -0.39 is 0 Å². The summed E-state index contributed by atoms with van der Waals surface area (Å²) in [6, 6.07) is 8.65. The lowest BCUT2D eigenvalue weighted by Gasteiger charge is -2.16. The average Bonchev–Trinajstić information content (AvgIpc) is 3.12. The van der Waals surface area contributed by atoms with Crippen molar-refractivity contribution in [2.24, 2.45) is 0 Å². The number of hydrogen-bond acceptors (Lipinski definition) is 3. The second-order valence-electron chi connectivity index (χ2n) is 4.48. The number of halogens is 1. The van der Waals surface area contributed by atoms with E-state index in [0.717, 1.165) is 29.3 Å². The highest BCUT2D eigenvalue weighted by Crippen LogP contribution is 2.25. The summed E-state index contributed by atoms with van der Waals surface area (Å²) < 4.78 is 0.939. The Morgan fingerprint density at radius 1 is 1.47 bits per heavy atom. The van der Waals surface area contributed by atoms with Crippen LogP contribution in [0.25, 0.3) is 0 Å². The van der Waals surface area contributed by atoms with Crippen molar-refractivity contribution in [3.05, 3.63) is 28.2 Å². The number of anilines is 1. The molecule has 0 spiro atoms. The van der Waals surface area contributed by atoms with Crippen LogP contribution in [-0.4, -0.2) is 31.1 Å². The Morgan fingerprint density at radius 2 is 2.24 bits per heavy atom. The Kier molecular flexibility index (Phi) is 4.03. The van der Waals surface area contributed by atoms with Crippen LogP contribution in [0.5, 0.6) is 0 Å². The molecule has 0 heterocycles. The van der Waals surface area contributed by atoms with Gasteiger partial charge in [-0.3, -0.25) is 0 Å². The third kappa shape index (κ3) is 3.72. The number of nitrogens with one attached hydrogen (secondary N) is 1. The number of rotatable bonds is 5. The zero-order chi connectivity index (χ0) is 12.3. The van der Waals surface area contributed by atoms with E-state index in [1.165, 1.54) is 12.8 Å². The zero-order valence-electron chi connectivity index (χ0n) is 9.91. The molecule has 0 amide bonds. The topological polar surface area (TPSA) is 39.1 Å². The summed E-state index contributed by atoms with van der Waals surface area (Å²) in [7, 11) is 2.17. The summed E-state index contributed by atoms with van der Waals surface area (Å²) in [4.78, 5) is 2.39. The van der Waals surface area contributed by atoms with Crippen LogP contribution in [0.4, 0.5) is 5.69 Å². The van der Waals surface area contributed by atoms with Gasteiger partial charge in [-0.15, -0.1) is 0 Å². The smallest absolute Gasteiger partial charge is 0.0992 e. The molecule has 1 saturated carbocycles. The summed E-state index contributed by atoms with van der Waals surface area (Å²) in [6.45, 7) is 1.95. The molecule has 1 aliphatic rings. The third-order valence-electron chi connectivity index (χ3n) is 2.99. The molecule has 1 fully saturated rings. The highest BCUT2D eigenvalue weighted by molar-refractivity contribution is 9.10. The van der Waals surface area contributed by atoms with Crippen molar-refractivity contribution in [1.82, 2.24) is 4.90 Å². The van der Waals surface area contributed by atoms with Crippen LogP contribution in [0.2, 0.25) is 0 Å². The molecular formula is C13H16BrN3. The molecule has 2 rings (SSSR count). The second kappa shape index (κ2) is 5.52. The van der Waals surface area contributed by atoms with E-state index in [-0.39, 0.29) is 0 Å². The minimum Gasteiger partial charge on any atom is -0.384 e. The Labute approximate surface area is 111 Å². The molecule has 4 heteroatoms. The lowest BCUT2D eigenvalue weighted by atomic mass is 10.2. The van der Waals surface area contributed by atoms with Crippen LogP contribution >= 0.6 is 15.9 Å². The predicted octanol–water partition coefficient (Wildman–Crippen LogP) is 2.83. The first kappa shape index (κ1) is 12.4. The normalized spacial score (nSPS) is 14.7. The fraction of sp³-hybridized carbons (Fsp3) is 0.462. The Bertz CT molecular complexity index is 435. The molecular weight excluding hydrogens is 278 g/mol. The van der Waals surface area contributed by atoms with Crippen LogP contribution in [0.3, 0.4) is 0 Å². The Morgan fingerprint density at radius 3 is 2.88 bits per heavy atom. The minimum absolute atomic E-state index is 0.678. The summed E-state index contributed by atoms with van der Waals surface area (Å²) >= 11 is 3.41. The molecule has 1 N–H and O–H groups in total. The monoisotopic (exact) mass is 293 g/mol. The molecule has 0 aromatic heterocycles. The molecule has 17 heavy (non-hydrogen) atoms. The van der Waals surface area contributed by atoms with Gasteiger partial charge in [-0.1, -0.05) is 15.9 Å². The molecule has 0 aliphatic heterocycles. The fourth-order valence-corrected chi connectivity index (χ4v) is 2.32. The Balaban J connectivity index is 1.85. The maximum Gasteiger partial charge on any atom is 0.0992 e. The van der Waals surface area contributed by atoms with Gasteiger partial charge in [-0.25, -0.2) is 0 Å². The first-order valence-electron chi connectivity index (χ1n) is 5.84. The van der Waals surface area contributed by atoms with Crippen molar-refractivity contribution >= 4 is 21.6 Å². The molecule has 1 aliphatic carbocycles. The molecule has 90 valence electrons. The van der Waals surface area contributed by atoms with E-state index in [1.54, 1.807) is 0 Å². The zero-order valence-corrected chi connectivity index (χ0v) is 11.5. The van der Waals surface area contributed by atoms with Crippen molar-refractivity contribution in [3.63, 3.8) is 0 Å². The van der Waals surface area contributed by atoms with Gasteiger partial charge >= 0.3 is 0 Å². The van der Waals surface area contributed by atoms with Crippen LogP contribution < -0.4 is 5.32 Å². The molecule has 1 aromatic rings. The number of hydrogen-bond donors (Lipinski definition) is 1. The fourth-order valence-electron chi connectivity index (χ4n) is 1.83. The summed E-state index contributed by atoms with van der Waals surface area (Å²) in [5.74, 6) is 0. The molecule has 0 saturated heterocycles. The van der Waals surface area contributed by atoms with Crippen molar-refractivity contribution in [3.8, 4) is 6.07 Å². The summed E-state index contributed by atoms with van der Waals surface area (Å²) in [5.41, 5.74) is 1.68. The van der Waals surface area contributed by atoms with Crippen LogP contribution in [-0.2, 0) is 0 Å². The number of nitrogens with zero attached hydrogens (tertiary/aromatic N) is 2. The van der Waals surface area contributed by atoms with Gasteiger partial charge in [-0.2, -0.15) is 5.26 Å². The average molecular weight is 294 g/mol. The van der Waals surface area contributed by atoms with Gasteiger partial charge in [0, 0.05) is 29.3 Å². The van der Waals surface area contributed by atoms with E-state index in [1.807, 2.05) is 18.2 Å². The van der Waals surface area contributed by atoms with Crippen LogP contribution in [0, 0.1) is 11.3 Å². The largest absolute Gasteiger partial charge is 0.384 e. The number of benzene rings is 1. The second-order valence-corrected chi connectivity index (χ2v) is 5.39. The van der Waals surface area contributed by atoms with E-state index in [0.29, 0.717) is 5.56 Å². The summed E-state index contributed by atoms with van der Waals surface area (Å²) in [6.07, 6.45) is 2.68. The van der Waals surface area contributed by atoms with Crippen LogP contribution in [0.1, 0.15) is 18.4 Å². The van der Waals surface area contributed by atoms with E-state index in [2.05, 4.69) is 39.3 Å². The third-order valence-corrected chi connectivity index (χ3v) is 3.45. The van der Waals surface area contributed by atoms with Gasteiger partial charge in [0.1, 0.15) is 0 Å². The van der Waals surface area contributed by atoms with Gasteiger partial charge < -0.3 is 10.2 Å². The summed E-state index contributed by atoms with van der Waals surface area (Å²) in [5, 5.41) is 12.2. The molecule has 1 aromatic carbocycles. The van der Waals surface area contributed by atoms with Gasteiger partial charge in [0.25, 0.3) is 0 Å². The van der Waals surface area contributed by atoms with Gasteiger partial charge in [0.15, 0.2) is 0 Å². The van der Waals surface area contributed by atoms with Crippen molar-refractivity contribution in [2.45, 2.75) is 18.9 Å². The molecule has 0 radical (unpaired) electrons. The lowest BCUT2D eigenvalue weighted by Crippen LogP contribution is -2.27. The Hall–Kier alpha value is -1.05. The predicted molar refractivity (Wildman–Crippen MR) is 73.0 cm³/mol. The van der Waals surface area contributed by atoms with Crippen molar-refractivity contribution in [1.29, 1.82) is 5.26 Å². The highest BCUT2D eigenvalue weighted by Gasteiger charge is 2.25. The van der Waals surface area contributed by atoms with E-state index in [9.17, 15) is 0 Å². The van der Waals surface area contributed by atoms with Gasteiger partial charge in [0.05, 0.1) is 11.6 Å². The molecule has 0 unspecified atom stereocenters. The maximum absolute atomic E-state index is 8.87. The standard InChI is InChI=1S/C13H16BrN3/c1-17(13-2-3-13)5-4-16-12-7-10(9-15)6-11(14)8-12/h6-8,13,16H,2-5H2,1H3. The van der Waals surface area contributed by atoms with E-state index in [4.69, 9.17) is 5.26 Å². The first-order chi connectivity index (χ1) is 8.19. The molecule has 0 bridgehead atoms. The lowest BCUT2D eigenvalue weighted by molar-refractivity contribution is 0.337.